The Kier molecular flexibility index (Phi) is 4.36. The highest BCUT2D eigenvalue weighted by Gasteiger charge is 2.35. The quantitative estimate of drug-likeness (QED) is 0.921. The first kappa shape index (κ1) is 15.2. The van der Waals surface area contributed by atoms with Crippen LogP contribution in [0.4, 0.5) is 0 Å². The van der Waals surface area contributed by atoms with E-state index < -0.39 is 0 Å². The van der Waals surface area contributed by atoms with Gasteiger partial charge in [0.15, 0.2) is 0 Å². The molecule has 1 amide bonds. The standard InChI is InChI=1S/C19H26N2O2/c22-19(11-14-9-15-5-1-2-6-16(15)10-14)20-17-12-23-13-18(17)21-7-3-4-8-21/h1-2,5-6,14,17-18H,3-4,7-13H2,(H,20,22). The summed E-state index contributed by atoms with van der Waals surface area (Å²) in [7, 11) is 0. The molecule has 2 saturated heterocycles. The van der Waals surface area contributed by atoms with Gasteiger partial charge in [0.2, 0.25) is 5.91 Å². The number of carbonyl (C=O) groups excluding carboxylic acids is 1. The fraction of sp³-hybridized carbons (Fsp3) is 0.632. The topological polar surface area (TPSA) is 41.6 Å². The maximum Gasteiger partial charge on any atom is 0.220 e. The van der Waals surface area contributed by atoms with Crippen molar-refractivity contribution >= 4 is 5.91 Å². The minimum absolute atomic E-state index is 0.171. The van der Waals surface area contributed by atoms with Crippen molar-refractivity contribution in [2.75, 3.05) is 26.3 Å². The average Bonchev–Trinajstić information content (AvgIpc) is 3.26. The van der Waals surface area contributed by atoms with Crippen LogP contribution in [-0.4, -0.2) is 49.2 Å². The van der Waals surface area contributed by atoms with Crippen LogP contribution < -0.4 is 5.32 Å². The molecule has 4 nitrogen and oxygen atoms in total. The Bertz CT molecular complexity index is 543. The van der Waals surface area contributed by atoms with Crippen LogP contribution in [0.5, 0.6) is 0 Å². The van der Waals surface area contributed by atoms with Gasteiger partial charge in [-0.25, -0.2) is 0 Å². The summed E-state index contributed by atoms with van der Waals surface area (Å²) in [5, 5.41) is 3.25. The molecule has 1 aliphatic carbocycles. The van der Waals surface area contributed by atoms with Gasteiger partial charge < -0.3 is 10.1 Å². The summed E-state index contributed by atoms with van der Waals surface area (Å²) in [5.74, 6) is 0.655. The Labute approximate surface area is 138 Å². The monoisotopic (exact) mass is 314 g/mol. The molecule has 2 fully saturated rings. The van der Waals surface area contributed by atoms with Crippen molar-refractivity contribution in [3.05, 3.63) is 35.4 Å². The number of hydrogen-bond donors (Lipinski definition) is 1. The van der Waals surface area contributed by atoms with Crippen LogP contribution in [0, 0.1) is 5.92 Å². The molecule has 3 aliphatic rings. The van der Waals surface area contributed by atoms with E-state index in [1.165, 1.54) is 24.0 Å². The summed E-state index contributed by atoms with van der Waals surface area (Å²) in [6.45, 7) is 3.73. The fourth-order valence-electron chi connectivity index (χ4n) is 4.44. The second-order valence-corrected chi connectivity index (χ2v) is 7.27. The third kappa shape index (κ3) is 3.29. The van der Waals surface area contributed by atoms with E-state index in [0.29, 0.717) is 25.0 Å². The molecule has 0 spiro atoms. The molecule has 1 aromatic carbocycles. The van der Waals surface area contributed by atoms with Crippen LogP contribution in [0.15, 0.2) is 24.3 Å². The van der Waals surface area contributed by atoms with Crippen LogP contribution in [0.2, 0.25) is 0 Å². The van der Waals surface area contributed by atoms with Gasteiger partial charge in [0, 0.05) is 6.42 Å². The first-order valence-corrected chi connectivity index (χ1v) is 8.97. The normalized spacial score (nSPS) is 28.2. The van der Waals surface area contributed by atoms with Crippen molar-refractivity contribution in [3.63, 3.8) is 0 Å². The van der Waals surface area contributed by atoms with E-state index in [4.69, 9.17) is 4.74 Å². The number of fused-ring (bicyclic) bond motifs is 1. The van der Waals surface area contributed by atoms with Gasteiger partial charge in [0.25, 0.3) is 0 Å². The Hall–Kier alpha value is -1.39. The zero-order chi connectivity index (χ0) is 15.6. The summed E-state index contributed by atoms with van der Waals surface area (Å²) in [6.07, 6.45) is 5.27. The number of ether oxygens (including phenoxy) is 1. The Morgan fingerprint density at radius 1 is 1.13 bits per heavy atom. The highest BCUT2D eigenvalue weighted by Crippen LogP contribution is 2.28. The molecule has 2 aliphatic heterocycles. The number of hydrogen-bond acceptors (Lipinski definition) is 3. The molecule has 2 atom stereocenters. The summed E-state index contributed by atoms with van der Waals surface area (Å²) in [6, 6.07) is 9.13. The molecule has 124 valence electrons. The SMILES string of the molecule is O=C(CC1Cc2ccccc2C1)NC1COCC1N1CCCC1. The Balaban J connectivity index is 1.30. The number of nitrogens with one attached hydrogen (secondary N) is 1. The molecule has 0 bridgehead atoms. The lowest BCUT2D eigenvalue weighted by atomic mass is 10.0. The lowest BCUT2D eigenvalue weighted by molar-refractivity contribution is -0.123. The highest BCUT2D eigenvalue weighted by atomic mass is 16.5. The van der Waals surface area contributed by atoms with Gasteiger partial charge in [0.1, 0.15) is 0 Å². The van der Waals surface area contributed by atoms with Gasteiger partial charge in [-0.2, -0.15) is 0 Å². The number of nitrogens with zero attached hydrogens (tertiary/aromatic N) is 1. The third-order valence-corrected chi connectivity index (χ3v) is 5.62. The first-order valence-electron chi connectivity index (χ1n) is 8.97. The van der Waals surface area contributed by atoms with Crippen molar-refractivity contribution in [1.82, 2.24) is 10.2 Å². The van der Waals surface area contributed by atoms with Gasteiger partial charge in [-0.1, -0.05) is 24.3 Å². The lowest BCUT2D eigenvalue weighted by Gasteiger charge is -2.28. The molecule has 23 heavy (non-hydrogen) atoms. The van der Waals surface area contributed by atoms with E-state index in [-0.39, 0.29) is 11.9 Å². The number of carbonyl (C=O) groups is 1. The van der Waals surface area contributed by atoms with Crippen LogP contribution in [0.1, 0.15) is 30.4 Å². The number of amides is 1. The Morgan fingerprint density at radius 2 is 1.83 bits per heavy atom. The van der Waals surface area contributed by atoms with E-state index in [9.17, 15) is 4.79 Å². The van der Waals surface area contributed by atoms with Crippen molar-refractivity contribution in [2.24, 2.45) is 5.92 Å². The van der Waals surface area contributed by atoms with Crippen LogP contribution in [0.25, 0.3) is 0 Å². The van der Waals surface area contributed by atoms with E-state index >= 15 is 0 Å². The largest absolute Gasteiger partial charge is 0.378 e. The van der Waals surface area contributed by atoms with E-state index in [2.05, 4.69) is 34.5 Å². The third-order valence-electron chi connectivity index (χ3n) is 5.62. The minimum Gasteiger partial charge on any atom is -0.378 e. The highest BCUT2D eigenvalue weighted by molar-refractivity contribution is 5.77. The predicted molar refractivity (Wildman–Crippen MR) is 89.3 cm³/mol. The van der Waals surface area contributed by atoms with Crippen molar-refractivity contribution in [2.45, 2.75) is 44.2 Å². The van der Waals surface area contributed by atoms with Gasteiger partial charge in [-0.15, -0.1) is 0 Å². The van der Waals surface area contributed by atoms with E-state index in [1.54, 1.807) is 0 Å². The van der Waals surface area contributed by atoms with E-state index in [0.717, 1.165) is 32.5 Å². The molecular formula is C19H26N2O2. The van der Waals surface area contributed by atoms with Crippen molar-refractivity contribution < 1.29 is 9.53 Å². The maximum atomic E-state index is 12.5. The fourth-order valence-corrected chi connectivity index (χ4v) is 4.44. The molecule has 1 aromatic rings. The number of benzene rings is 1. The molecule has 4 heteroatoms. The molecule has 0 saturated carbocycles. The predicted octanol–water partition coefficient (Wildman–Crippen LogP) is 1.77. The summed E-state index contributed by atoms with van der Waals surface area (Å²) < 4.78 is 5.65. The number of likely N-dealkylation sites (tertiary alicyclic amines) is 1. The van der Waals surface area contributed by atoms with Crippen LogP contribution in [0.3, 0.4) is 0 Å². The molecule has 2 unspecified atom stereocenters. The van der Waals surface area contributed by atoms with E-state index in [1.807, 2.05) is 0 Å². The van der Waals surface area contributed by atoms with Crippen molar-refractivity contribution in [1.29, 1.82) is 0 Å². The van der Waals surface area contributed by atoms with Gasteiger partial charge >= 0.3 is 0 Å². The molecule has 1 N–H and O–H groups in total. The first-order chi connectivity index (χ1) is 11.3. The smallest absolute Gasteiger partial charge is 0.220 e. The molecule has 4 rings (SSSR count). The van der Waals surface area contributed by atoms with Gasteiger partial charge in [-0.05, 0) is 55.8 Å². The molecule has 0 aromatic heterocycles. The molecule has 0 radical (unpaired) electrons. The second-order valence-electron chi connectivity index (χ2n) is 7.27. The molecular weight excluding hydrogens is 288 g/mol. The summed E-state index contributed by atoms with van der Waals surface area (Å²) >= 11 is 0. The Morgan fingerprint density at radius 3 is 2.52 bits per heavy atom. The zero-order valence-electron chi connectivity index (χ0n) is 13.7. The van der Waals surface area contributed by atoms with Gasteiger partial charge in [0.05, 0.1) is 25.3 Å². The number of rotatable bonds is 4. The second kappa shape index (κ2) is 6.62. The summed E-state index contributed by atoms with van der Waals surface area (Å²) in [4.78, 5) is 15.0. The van der Waals surface area contributed by atoms with Crippen molar-refractivity contribution in [3.8, 4) is 0 Å². The van der Waals surface area contributed by atoms with Gasteiger partial charge in [-0.3, -0.25) is 9.69 Å². The average molecular weight is 314 g/mol. The zero-order valence-corrected chi connectivity index (χ0v) is 13.7. The van der Waals surface area contributed by atoms with Crippen LogP contribution in [-0.2, 0) is 22.4 Å². The molecule has 2 heterocycles. The minimum atomic E-state index is 0.171. The summed E-state index contributed by atoms with van der Waals surface area (Å²) in [5.41, 5.74) is 2.84. The van der Waals surface area contributed by atoms with Crippen LogP contribution >= 0.6 is 0 Å². The maximum absolute atomic E-state index is 12.5. The lowest BCUT2D eigenvalue weighted by Crippen LogP contribution is -2.50.